The van der Waals surface area contributed by atoms with E-state index in [9.17, 15) is 0 Å². The van der Waals surface area contributed by atoms with Gasteiger partial charge in [0.05, 0.1) is 5.69 Å². The Morgan fingerprint density at radius 3 is 2.61 bits per heavy atom. The Hall–Kier alpha value is -1.61. The van der Waals surface area contributed by atoms with E-state index in [1.54, 1.807) is 0 Å². The summed E-state index contributed by atoms with van der Waals surface area (Å²) in [4.78, 5) is 0. The summed E-state index contributed by atoms with van der Waals surface area (Å²) in [6.45, 7) is 2.17. The summed E-state index contributed by atoms with van der Waals surface area (Å²) in [5.74, 6) is 0. The fraction of sp³-hybridized carbons (Fsp3) is 0.400. The van der Waals surface area contributed by atoms with Gasteiger partial charge < -0.3 is 5.32 Å². The van der Waals surface area contributed by atoms with E-state index in [4.69, 9.17) is 0 Å². The Morgan fingerprint density at radius 2 is 2.00 bits per heavy atom. The number of rotatable bonds is 5. The van der Waals surface area contributed by atoms with E-state index in [0.717, 1.165) is 18.5 Å². The first-order valence-electron chi connectivity index (χ1n) is 6.39. The molecule has 2 rings (SSSR count). The summed E-state index contributed by atoms with van der Waals surface area (Å²) in [7, 11) is 3.98. The molecule has 0 aliphatic rings. The van der Waals surface area contributed by atoms with Crippen LogP contribution in [0.3, 0.4) is 0 Å². The van der Waals surface area contributed by atoms with Crippen molar-refractivity contribution in [2.75, 3.05) is 7.05 Å². The number of hydrogen-bond donors (Lipinski definition) is 1. The predicted molar refractivity (Wildman–Crippen MR) is 74.6 cm³/mol. The van der Waals surface area contributed by atoms with Crippen LogP contribution in [0.5, 0.6) is 0 Å². The van der Waals surface area contributed by atoms with Crippen LogP contribution in [-0.4, -0.2) is 22.9 Å². The molecule has 0 saturated carbocycles. The number of nitrogens with one attached hydrogen (secondary N) is 1. The zero-order valence-electron chi connectivity index (χ0n) is 11.4. The van der Waals surface area contributed by atoms with E-state index in [1.807, 2.05) is 25.0 Å². The summed E-state index contributed by atoms with van der Waals surface area (Å²) in [5, 5.41) is 7.83. The average molecular weight is 243 g/mol. The summed E-state index contributed by atoms with van der Waals surface area (Å²) < 4.78 is 1.86. The van der Waals surface area contributed by atoms with Crippen molar-refractivity contribution in [3.8, 4) is 0 Å². The molecule has 0 radical (unpaired) electrons. The second kappa shape index (κ2) is 5.83. The van der Waals surface area contributed by atoms with Crippen molar-refractivity contribution >= 4 is 0 Å². The molecule has 0 aliphatic heterocycles. The first-order chi connectivity index (χ1) is 8.69. The van der Waals surface area contributed by atoms with Gasteiger partial charge in [0.1, 0.15) is 0 Å². The third-order valence-corrected chi connectivity index (χ3v) is 3.36. The molecule has 3 heteroatoms. The fourth-order valence-electron chi connectivity index (χ4n) is 2.21. The van der Waals surface area contributed by atoms with Crippen molar-refractivity contribution in [3.05, 3.63) is 53.3 Å². The van der Waals surface area contributed by atoms with E-state index in [-0.39, 0.29) is 0 Å². The van der Waals surface area contributed by atoms with Crippen LogP contribution in [0.4, 0.5) is 0 Å². The van der Waals surface area contributed by atoms with Crippen molar-refractivity contribution in [3.63, 3.8) is 0 Å². The highest BCUT2D eigenvalue weighted by molar-refractivity contribution is 5.26. The molecule has 0 bridgehead atoms. The van der Waals surface area contributed by atoms with Gasteiger partial charge in [-0.1, -0.05) is 24.3 Å². The summed E-state index contributed by atoms with van der Waals surface area (Å²) in [5.41, 5.74) is 3.91. The van der Waals surface area contributed by atoms with Crippen LogP contribution >= 0.6 is 0 Å². The third-order valence-electron chi connectivity index (χ3n) is 3.36. The quantitative estimate of drug-likeness (QED) is 0.871. The Balaban J connectivity index is 2.04. The second-order valence-electron chi connectivity index (χ2n) is 4.80. The molecule has 96 valence electrons. The number of nitrogens with zero attached hydrogens (tertiary/aromatic N) is 2. The van der Waals surface area contributed by atoms with Gasteiger partial charge in [0.15, 0.2) is 0 Å². The molecular formula is C15H21N3. The van der Waals surface area contributed by atoms with Crippen LogP contribution in [0.2, 0.25) is 0 Å². The van der Waals surface area contributed by atoms with Crippen molar-refractivity contribution < 1.29 is 0 Å². The molecular weight excluding hydrogens is 222 g/mol. The smallest absolute Gasteiger partial charge is 0.0640 e. The largest absolute Gasteiger partial charge is 0.316 e. The fourth-order valence-corrected chi connectivity index (χ4v) is 2.21. The molecule has 0 spiro atoms. The molecule has 1 aromatic carbocycles. The molecule has 0 amide bonds. The molecule has 1 heterocycles. The van der Waals surface area contributed by atoms with Crippen molar-refractivity contribution in [2.24, 2.45) is 7.05 Å². The standard InChI is InChI=1S/C15H21N3/c1-12-6-4-5-7-13(12)10-15(16-2)11-14-8-9-18(3)17-14/h4-9,15-16H,10-11H2,1-3H3. The van der Waals surface area contributed by atoms with Gasteiger partial charge in [-0.25, -0.2) is 0 Å². The number of likely N-dealkylation sites (N-methyl/N-ethyl adjacent to an activating group) is 1. The molecule has 0 fully saturated rings. The molecule has 0 saturated heterocycles. The lowest BCUT2D eigenvalue weighted by Gasteiger charge is -2.16. The minimum absolute atomic E-state index is 0.431. The molecule has 1 atom stereocenters. The van der Waals surface area contributed by atoms with Crippen molar-refractivity contribution in [1.29, 1.82) is 0 Å². The lowest BCUT2D eigenvalue weighted by Crippen LogP contribution is -2.30. The van der Waals surface area contributed by atoms with Gasteiger partial charge in [-0.05, 0) is 37.6 Å². The normalized spacial score (nSPS) is 12.6. The van der Waals surface area contributed by atoms with Crippen LogP contribution < -0.4 is 5.32 Å². The lowest BCUT2D eigenvalue weighted by atomic mass is 9.98. The summed E-state index contributed by atoms with van der Waals surface area (Å²) in [6.07, 6.45) is 4.00. The number of aromatic nitrogens is 2. The van der Waals surface area contributed by atoms with Crippen LogP contribution in [0.25, 0.3) is 0 Å². The van der Waals surface area contributed by atoms with Crippen LogP contribution in [0.1, 0.15) is 16.8 Å². The van der Waals surface area contributed by atoms with E-state index in [0.29, 0.717) is 6.04 Å². The molecule has 2 aromatic rings. The predicted octanol–water partition coefficient (Wildman–Crippen LogP) is 2.10. The van der Waals surface area contributed by atoms with Crippen molar-refractivity contribution in [2.45, 2.75) is 25.8 Å². The number of hydrogen-bond acceptors (Lipinski definition) is 2. The Bertz CT molecular complexity index is 502. The monoisotopic (exact) mass is 243 g/mol. The topological polar surface area (TPSA) is 29.9 Å². The highest BCUT2D eigenvalue weighted by Gasteiger charge is 2.11. The molecule has 1 N–H and O–H groups in total. The molecule has 0 aliphatic carbocycles. The zero-order valence-corrected chi connectivity index (χ0v) is 11.4. The maximum Gasteiger partial charge on any atom is 0.0640 e. The minimum Gasteiger partial charge on any atom is -0.316 e. The van der Waals surface area contributed by atoms with Gasteiger partial charge in [-0.3, -0.25) is 4.68 Å². The lowest BCUT2D eigenvalue weighted by molar-refractivity contribution is 0.544. The van der Waals surface area contributed by atoms with Gasteiger partial charge in [0, 0.05) is 25.7 Å². The highest BCUT2D eigenvalue weighted by atomic mass is 15.2. The second-order valence-corrected chi connectivity index (χ2v) is 4.80. The van der Waals surface area contributed by atoms with Gasteiger partial charge in [0.25, 0.3) is 0 Å². The molecule has 18 heavy (non-hydrogen) atoms. The Kier molecular flexibility index (Phi) is 4.15. The van der Waals surface area contributed by atoms with Gasteiger partial charge in [-0.2, -0.15) is 5.10 Å². The van der Waals surface area contributed by atoms with Gasteiger partial charge in [-0.15, -0.1) is 0 Å². The van der Waals surface area contributed by atoms with E-state index in [1.165, 1.54) is 11.1 Å². The maximum absolute atomic E-state index is 4.44. The first kappa shape index (κ1) is 12.8. The third kappa shape index (κ3) is 3.20. The van der Waals surface area contributed by atoms with Crippen LogP contribution in [0, 0.1) is 6.92 Å². The van der Waals surface area contributed by atoms with Gasteiger partial charge >= 0.3 is 0 Å². The maximum atomic E-state index is 4.44. The molecule has 3 nitrogen and oxygen atoms in total. The van der Waals surface area contributed by atoms with Gasteiger partial charge in [0.2, 0.25) is 0 Å². The first-order valence-corrected chi connectivity index (χ1v) is 6.39. The number of aryl methyl sites for hydroxylation is 2. The Morgan fingerprint density at radius 1 is 1.22 bits per heavy atom. The highest BCUT2D eigenvalue weighted by Crippen LogP contribution is 2.12. The average Bonchev–Trinajstić information content (AvgIpc) is 2.76. The Labute approximate surface area is 109 Å². The summed E-state index contributed by atoms with van der Waals surface area (Å²) >= 11 is 0. The SMILES string of the molecule is CNC(Cc1ccn(C)n1)Cc1ccccc1C. The zero-order chi connectivity index (χ0) is 13.0. The summed E-state index contributed by atoms with van der Waals surface area (Å²) in [6, 6.07) is 11.1. The van der Waals surface area contributed by atoms with E-state index in [2.05, 4.69) is 47.7 Å². The molecule has 1 unspecified atom stereocenters. The molecule has 1 aromatic heterocycles. The van der Waals surface area contributed by atoms with Crippen molar-refractivity contribution in [1.82, 2.24) is 15.1 Å². The van der Waals surface area contributed by atoms with Crippen LogP contribution in [0.15, 0.2) is 36.5 Å². The van der Waals surface area contributed by atoms with Crippen LogP contribution in [-0.2, 0) is 19.9 Å². The van der Waals surface area contributed by atoms with E-state index < -0.39 is 0 Å². The van der Waals surface area contributed by atoms with E-state index >= 15 is 0 Å². The minimum atomic E-state index is 0.431. The number of benzene rings is 1.